The van der Waals surface area contributed by atoms with Gasteiger partial charge in [-0.2, -0.15) is 0 Å². The number of carbonyl (C=O) groups is 2. The Kier molecular flexibility index (Phi) is 7.69. The molecule has 1 aromatic carbocycles. The minimum absolute atomic E-state index is 0.0791. The van der Waals surface area contributed by atoms with E-state index in [1.165, 1.54) is 14.0 Å². The van der Waals surface area contributed by atoms with Crippen LogP contribution in [0.5, 0.6) is 0 Å². The summed E-state index contributed by atoms with van der Waals surface area (Å²) in [4.78, 5) is 29.3. The fraction of sp³-hybridized carbons (Fsp3) is 0.765. The first-order chi connectivity index (χ1) is 22.0. The van der Waals surface area contributed by atoms with Gasteiger partial charge in [-0.25, -0.2) is 4.79 Å². The number of piperidine rings is 1. The molecule has 5 saturated carbocycles. The summed E-state index contributed by atoms with van der Waals surface area (Å²) in [6.45, 7) is 4.68. The number of hydrogen-bond donors (Lipinski definition) is 3. The van der Waals surface area contributed by atoms with Crippen molar-refractivity contribution in [2.45, 2.75) is 80.6 Å². The molecule has 7 rings (SSSR count). The molecule has 15 atom stereocenters. The summed E-state index contributed by atoms with van der Waals surface area (Å²) < 4.78 is 37.4. The van der Waals surface area contributed by atoms with Crippen molar-refractivity contribution in [2.75, 3.05) is 48.1 Å². The van der Waals surface area contributed by atoms with E-state index in [4.69, 9.17) is 28.4 Å². The molecule has 1 saturated heterocycles. The van der Waals surface area contributed by atoms with Crippen molar-refractivity contribution in [2.24, 2.45) is 34.5 Å². The molecule has 6 fully saturated rings. The molecule has 3 N–H and O–H groups in total. The molecule has 1 heterocycles. The zero-order valence-electron chi connectivity index (χ0n) is 27.3. The minimum atomic E-state index is -1.83. The van der Waals surface area contributed by atoms with Crippen molar-refractivity contribution in [1.82, 2.24) is 4.90 Å². The fourth-order valence-electron chi connectivity index (χ4n) is 12.3. The predicted octanol–water partition coefficient (Wildman–Crippen LogP) is 0.648. The van der Waals surface area contributed by atoms with Gasteiger partial charge in [0.2, 0.25) is 0 Å². The summed E-state index contributed by atoms with van der Waals surface area (Å²) in [7, 11) is 6.27. The van der Waals surface area contributed by atoms with Gasteiger partial charge in [-0.1, -0.05) is 25.1 Å². The van der Waals surface area contributed by atoms with Gasteiger partial charge in [0.1, 0.15) is 23.9 Å². The molecule has 1 spiro atoms. The Balaban J connectivity index is 1.53. The van der Waals surface area contributed by atoms with Gasteiger partial charge in [0.25, 0.3) is 0 Å². The number of nitrogens with zero attached hydrogens (tertiary/aromatic N) is 1. The number of benzene rings is 1. The number of aliphatic hydroxyl groups is 3. The molecular weight excluding hydrogens is 598 g/mol. The van der Waals surface area contributed by atoms with Crippen molar-refractivity contribution in [3.05, 3.63) is 35.9 Å². The zero-order valence-corrected chi connectivity index (χ0v) is 27.3. The van der Waals surface area contributed by atoms with Crippen LogP contribution in [0.15, 0.2) is 30.3 Å². The maximum atomic E-state index is 13.8. The molecule has 12 nitrogen and oxygen atoms in total. The van der Waals surface area contributed by atoms with Crippen molar-refractivity contribution in [1.29, 1.82) is 0 Å². The molecule has 254 valence electrons. The van der Waals surface area contributed by atoms with E-state index in [2.05, 4.69) is 4.90 Å². The Morgan fingerprint density at radius 3 is 2.30 bits per heavy atom. The second kappa shape index (κ2) is 10.9. The van der Waals surface area contributed by atoms with Gasteiger partial charge in [0.15, 0.2) is 5.60 Å². The number of ether oxygens (including phenoxy) is 6. The highest BCUT2D eigenvalue weighted by Crippen LogP contribution is 2.80. The number of aliphatic hydroxyl groups excluding tert-OH is 2. The highest BCUT2D eigenvalue weighted by molar-refractivity contribution is 5.89. The predicted molar refractivity (Wildman–Crippen MR) is 160 cm³/mol. The molecule has 0 amide bonds. The summed E-state index contributed by atoms with van der Waals surface area (Å²) in [5.41, 5.74) is -4.79. The topological polar surface area (TPSA) is 153 Å². The molecule has 0 aromatic heterocycles. The molecule has 7 bridgehead atoms. The summed E-state index contributed by atoms with van der Waals surface area (Å²) in [5, 5.41) is 37.3. The van der Waals surface area contributed by atoms with Crippen molar-refractivity contribution in [3.63, 3.8) is 0 Å². The summed E-state index contributed by atoms with van der Waals surface area (Å²) in [6, 6.07) is 8.18. The third-order valence-corrected chi connectivity index (χ3v) is 13.2. The van der Waals surface area contributed by atoms with Gasteiger partial charge in [-0.05, 0) is 31.0 Å². The molecule has 12 heteroatoms. The van der Waals surface area contributed by atoms with E-state index in [1.54, 1.807) is 51.7 Å². The van der Waals surface area contributed by atoms with E-state index in [-0.39, 0.29) is 25.0 Å². The SMILES string of the molecule is CCN1CC2(COC)C3[C@@H](OC)C4C1C3(C1C[C@]3(O)[C@H](OC(=O)c5ccccc5)C1[C@]4(OC(C)=O)[C@@H](O)[C@@H]3OC)[C@H](OC)C[C@H]2O. The zero-order chi connectivity index (χ0) is 33.0. The fourth-order valence-corrected chi connectivity index (χ4v) is 12.3. The standard InChI is InChI=1S/C34H47NO11/c1-7-35-15-31(16-41-3)20(37)13-21(42-4)33-19-14-32(40)28(45-30(39)18-11-9-8-10-12-18)22(19)34(46-17(2)36,27(38)29(32)44-6)23(26(33)35)24(43-5)25(31)33/h8-12,19-29,37-38,40H,7,13-16H2,1-6H3/t19?,20-,21-,22?,23?,24+,25?,26?,27+,28-,29+,31?,32+,33?,34-/m1/s1. The van der Waals surface area contributed by atoms with Gasteiger partial charge in [-0.15, -0.1) is 0 Å². The number of likely N-dealkylation sites (tertiary alicyclic amines) is 1. The molecule has 1 aliphatic heterocycles. The second-order valence-corrected chi connectivity index (χ2v) is 14.4. The molecule has 5 aliphatic carbocycles. The van der Waals surface area contributed by atoms with Crippen LogP contribution in [0, 0.1) is 34.5 Å². The molecule has 1 aromatic rings. The number of esters is 2. The van der Waals surface area contributed by atoms with Gasteiger partial charge in [0, 0.05) is 83.0 Å². The summed E-state index contributed by atoms with van der Waals surface area (Å²) in [5.74, 6) is -3.65. The number of methoxy groups -OCH3 is 4. The second-order valence-electron chi connectivity index (χ2n) is 14.4. The Morgan fingerprint density at radius 2 is 1.72 bits per heavy atom. The van der Waals surface area contributed by atoms with Crippen LogP contribution in [-0.2, 0) is 33.2 Å². The quantitative estimate of drug-likeness (QED) is 0.323. The van der Waals surface area contributed by atoms with Crippen molar-refractivity contribution < 1.29 is 53.3 Å². The third-order valence-electron chi connectivity index (χ3n) is 13.2. The highest BCUT2D eigenvalue weighted by atomic mass is 16.6. The minimum Gasteiger partial charge on any atom is -0.455 e. The molecule has 7 unspecified atom stereocenters. The van der Waals surface area contributed by atoms with Crippen LogP contribution in [0.3, 0.4) is 0 Å². The monoisotopic (exact) mass is 645 g/mol. The van der Waals surface area contributed by atoms with Gasteiger partial charge in [0.05, 0.1) is 30.5 Å². The summed E-state index contributed by atoms with van der Waals surface area (Å²) in [6.07, 6.45) is -5.49. The molecule has 0 radical (unpaired) electrons. The lowest BCUT2D eigenvalue weighted by Crippen LogP contribution is -2.81. The average Bonchev–Trinajstić information content (AvgIpc) is 3.41. The Bertz CT molecular complexity index is 1360. The van der Waals surface area contributed by atoms with E-state index in [1.807, 2.05) is 6.92 Å². The summed E-state index contributed by atoms with van der Waals surface area (Å²) >= 11 is 0. The van der Waals surface area contributed by atoms with Gasteiger partial charge in [-0.3, -0.25) is 9.69 Å². The van der Waals surface area contributed by atoms with Crippen LogP contribution in [-0.4, -0.2) is 134 Å². The first-order valence-electron chi connectivity index (χ1n) is 16.3. The molecular formula is C34H47NO11. The number of carbonyl (C=O) groups excluding carboxylic acids is 2. The van der Waals surface area contributed by atoms with Crippen LogP contribution in [0.1, 0.15) is 37.0 Å². The van der Waals surface area contributed by atoms with E-state index < -0.39 is 88.3 Å². The first-order valence-corrected chi connectivity index (χ1v) is 16.3. The van der Waals surface area contributed by atoms with Crippen LogP contribution < -0.4 is 0 Å². The molecule has 46 heavy (non-hydrogen) atoms. The number of rotatable bonds is 9. The van der Waals surface area contributed by atoms with Crippen molar-refractivity contribution >= 4 is 11.9 Å². The number of fused-ring (bicyclic) bond motifs is 2. The smallest absolute Gasteiger partial charge is 0.338 e. The third kappa shape index (κ3) is 3.62. The van der Waals surface area contributed by atoms with E-state index in [9.17, 15) is 24.9 Å². The maximum absolute atomic E-state index is 13.8. The van der Waals surface area contributed by atoms with Crippen molar-refractivity contribution in [3.8, 4) is 0 Å². The van der Waals surface area contributed by atoms with E-state index >= 15 is 0 Å². The molecule has 6 aliphatic rings. The Hall–Kier alpha value is -2.16. The largest absolute Gasteiger partial charge is 0.455 e. The highest BCUT2D eigenvalue weighted by Gasteiger charge is 2.92. The maximum Gasteiger partial charge on any atom is 0.338 e. The first kappa shape index (κ1) is 32.4. The number of hydrogen-bond acceptors (Lipinski definition) is 12. The lowest BCUT2D eigenvalue weighted by atomic mass is 9.42. The lowest BCUT2D eigenvalue weighted by molar-refractivity contribution is -0.322. The van der Waals surface area contributed by atoms with Crippen LogP contribution >= 0.6 is 0 Å². The van der Waals surface area contributed by atoms with Gasteiger partial charge < -0.3 is 43.7 Å². The van der Waals surface area contributed by atoms with E-state index in [0.29, 0.717) is 25.1 Å². The van der Waals surface area contributed by atoms with Gasteiger partial charge >= 0.3 is 11.9 Å². The Labute approximate surface area is 269 Å². The average molecular weight is 646 g/mol. The van der Waals surface area contributed by atoms with Crippen LogP contribution in [0.25, 0.3) is 0 Å². The van der Waals surface area contributed by atoms with Crippen LogP contribution in [0.2, 0.25) is 0 Å². The van der Waals surface area contributed by atoms with Crippen LogP contribution in [0.4, 0.5) is 0 Å². The normalized spacial score (nSPS) is 49.9. The Morgan fingerprint density at radius 1 is 1.00 bits per heavy atom. The lowest BCUT2D eigenvalue weighted by Gasteiger charge is -2.70. The van der Waals surface area contributed by atoms with E-state index in [0.717, 1.165) is 0 Å².